The second kappa shape index (κ2) is 8.89. The van der Waals surface area contributed by atoms with Crippen LogP contribution in [-0.2, 0) is 16.6 Å². The van der Waals surface area contributed by atoms with Crippen molar-refractivity contribution in [3.8, 4) is 17.0 Å². The van der Waals surface area contributed by atoms with Crippen molar-refractivity contribution < 1.29 is 19.1 Å². The van der Waals surface area contributed by atoms with Crippen molar-refractivity contribution in [1.29, 1.82) is 0 Å². The van der Waals surface area contributed by atoms with E-state index in [2.05, 4.69) is 15.4 Å². The molecule has 0 bridgehead atoms. The average molecular weight is 430 g/mol. The van der Waals surface area contributed by atoms with Gasteiger partial charge < -0.3 is 14.8 Å². The van der Waals surface area contributed by atoms with Gasteiger partial charge in [0.1, 0.15) is 5.75 Å². The first-order chi connectivity index (χ1) is 15.5. The van der Waals surface area contributed by atoms with Gasteiger partial charge in [-0.25, -0.2) is 9.78 Å². The number of nitrogens with zero attached hydrogens (tertiary/aromatic N) is 3. The highest BCUT2D eigenvalue weighted by atomic mass is 16.5. The molecule has 4 aromatic rings. The molecule has 0 aliphatic heterocycles. The number of nitrogens with one attached hydrogen (secondary N) is 1. The third-order valence-electron chi connectivity index (χ3n) is 4.95. The van der Waals surface area contributed by atoms with Gasteiger partial charge in [-0.2, -0.15) is 5.10 Å². The third-order valence-corrected chi connectivity index (χ3v) is 4.95. The molecule has 0 atom stereocenters. The van der Waals surface area contributed by atoms with E-state index >= 15 is 0 Å². The highest BCUT2D eigenvalue weighted by Gasteiger charge is 2.21. The van der Waals surface area contributed by atoms with Gasteiger partial charge >= 0.3 is 5.97 Å². The Kier molecular flexibility index (Phi) is 5.85. The summed E-state index contributed by atoms with van der Waals surface area (Å²) in [5.74, 6) is -0.464. The predicted molar refractivity (Wildman–Crippen MR) is 121 cm³/mol. The minimum absolute atomic E-state index is 0.314. The largest absolute Gasteiger partial charge is 0.497 e. The number of anilines is 1. The molecular weight excluding hydrogens is 408 g/mol. The molecule has 0 aliphatic rings. The number of pyridine rings is 1. The lowest BCUT2D eigenvalue weighted by Crippen LogP contribution is -2.21. The summed E-state index contributed by atoms with van der Waals surface area (Å²) in [6.07, 6.45) is 0. The normalized spacial score (nSPS) is 10.7. The van der Waals surface area contributed by atoms with Crippen LogP contribution in [0, 0.1) is 6.92 Å². The Labute approximate surface area is 184 Å². The van der Waals surface area contributed by atoms with Crippen LogP contribution >= 0.6 is 0 Å². The van der Waals surface area contributed by atoms with Gasteiger partial charge in [0.05, 0.1) is 29.4 Å². The van der Waals surface area contributed by atoms with Crippen molar-refractivity contribution in [2.75, 3.05) is 19.0 Å². The van der Waals surface area contributed by atoms with Gasteiger partial charge in [-0.3, -0.25) is 9.48 Å². The van der Waals surface area contributed by atoms with Crippen molar-refractivity contribution in [3.63, 3.8) is 0 Å². The van der Waals surface area contributed by atoms with E-state index in [1.165, 1.54) is 0 Å². The first kappa shape index (κ1) is 21.0. The summed E-state index contributed by atoms with van der Waals surface area (Å²) >= 11 is 0. The lowest BCUT2D eigenvalue weighted by molar-refractivity contribution is -0.119. The highest BCUT2D eigenvalue weighted by Crippen LogP contribution is 2.27. The van der Waals surface area contributed by atoms with E-state index in [9.17, 15) is 9.59 Å². The van der Waals surface area contributed by atoms with E-state index in [-0.39, 0.29) is 0 Å². The van der Waals surface area contributed by atoms with Crippen LogP contribution in [-0.4, -0.2) is 40.4 Å². The molecule has 0 saturated carbocycles. The van der Waals surface area contributed by atoms with Gasteiger partial charge in [0.25, 0.3) is 5.91 Å². The van der Waals surface area contributed by atoms with Crippen LogP contribution < -0.4 is 10.1 Å². The quantitative estimate of drug-likeness (QED) is 0.468. The number of aromatic nitrogens is 3. The molecule has 162 valence electrons. The zero-order valence-electron chi connectivity index (χ0n) is 18.0. The van der Waals surface area contributed by atoms with E-state index in [1.807, 2.05) is 30.3 Å². The standard InChI is InChI=1S/C24H22N4O4/c1-15-22-19(13-20(16-8-5-4-6-9-16)26-23(22)28(2)27-15)24(30)32-14-21(29)25-17-10-7-11-18(12-17)31-3/h4-13H,14H2,1-3H3,(H,25,29). The Morgan fingerprint density at radius 3 is 2.59 bits per heavy atom. The van der Waals surface area contributed by atoms with Crippen LogP contribution in [0.4, 0.5) is 5.69 Å². The topological polar surface area (TPSA) is 95.3 Å². The zero-order valence-corrected chi connectivity index (χ0v) is 18.0. The van der Waals surface area contributed by atoms with Crippen LogP contribution in [0.3, 0.4) is 0 Å². The number of hydrogen-bond acceptors (Lipinski definition) is 6. The van der Waals surface area contributed by atoms with Gasteiger partial charge in [0.15, 0.2) is 12.3 Å². The molecule has 2 aromatic heterocycles. The van der Waals surface area contributed by atoms with E-state index in [4.69, 9.17) is 9.47 Å². The number of benzene rings is 2. The number of hydrogen-bond donors (Lipinski definition) is 1. The van der Waals surface area contributed by atoms with Crippen molar-refractivity contribution in [3.05, 3.63) is 71.9 Å². The summed E-state index contributed by atoms with van der Waals surface area (Å²) in [7, 11) is 3.32. The Balaban J connectivity index is 1.58. The summed E-state index contributed by atoms with van der Waals surface area (Å²) in [5.41, 5.74) is 3.56. The molecule has 1 amide bonds. The monoisotopic (exact) mass is 430 g/mol. The van der Waals surface area contributed by atoms with Gasteiger partial charge in [-0.15, -0.1) is 0 Å². The Morgan fingerprint density at radius 1 is 1.06 bits per heavy atom. The van der Waals surface area contributed by atoms with Crippen molar-refractivity contribution in [2.45, 2.75) is 6.92 Å². The van der Waals surface area contributed by atoms with Crippen LogP contribution in [0.1, 0.15) is 16.1 Å². The number of methoxy groups -OCH3 is 1. The highest BCUT2D eigenvalue weighted by molar-refractivity contribution is 6.05. The van der Waals surface area contributed by atoms with Crippen LogP contribution in [0.15, 0.2) is 60.7 Å². The fraction of sp³-hybridized carbons (Fsp3) is 0.167. The molecule has 0 unspecified atom stereocenters. The van der Waals surface area contributed by atoms with Gasteiger partial charge in [-0.1, -0.05) is 36.4 Å². The number of amides is 1. The van der Waals surface area contributed by atoms with Crippen molar-refractivity contribution in [1.82, 2.24) is 14.8 Å². The zero-order chi connectivity index (χ0) is 22.7. The Hall–Kier alpha value is -4.20. The van der Waals surface area contributed by atoms with Gasteiger partial charge in [0, 0.05) is 24.4 Å². The van der Waals surface area contributed by atoms with Crippen molar-refractivity contribution >= 4 is 28.6 Å². The first-order valence-corrected chi connectivity index (χ1v) is 9.97. The maximum absolute atomic E-state index is 13.0. The predicted octanol–water partition coefficient (Wildman–Crippen LogP) is 3.75. The smallest absolute Gasteiger partial charge is 0.339 e. The van der Waals surface area contributed by atoms with Crippen LogP contribution in [0.2, 0.25) is 0 Å². The molecule has 0 aliphatic carbocycles. The number of fused-ring (bicyclic) bond motifs is 1. The maximum Gasteiger partial charge on any atom is 0.339 e. The summed E-state index contributed by atoms with van der Waals surface area (Å²) in [6, 6.07) is 18.1. The third kappa shape index (κ3) is 4.29. The van der Waals surface area contributed by atoms with Crippen molar-refractivity contribution in [2.24, 2.45) is 7.05 Å². The molecule has 0 radical (unpaired) electrons. The summed E-state index contributed by atoms with van der Waals surface area (Å²) < 4.78 is 12.1. The molecule has 8 nitrogen and oxygen atoms in total. The molecule has 2 aromatic carbocycles. The number of ether oxygens (including phenoxy) is 2. The van der Waals surface area contributed by atoms with E-state index in [1.54, 1.807) is 56.1 Å². The fourth-order valence-corrected chi connectivity index (χ4v) is 3.47. The molecule has 0 saturated heterocycles. The maximum atomic E-state index is 13.0. The van der Waals surface area contributed by atoms with Crippen LogP contribution in [0.5, 0.6) is 5.75 Å². The molecule has 32 heavy (non-hydrogen) atoms. The van der Waals surface area contributed by atoms with E-state index < -0.39 is 18.5 Å². The lowest BCUT2D eigenvalue weighted by atomic mass is 10.1. The number of carbonyl (C=O) groups excluding carboxylic acids is 2. The summed E-state index contributed by atoms with van der Waals surface area (Å²) in [6.45, 7) is 1.37. The van der Waals surface area contributed by atoms with E-state index in [0.717, 1.165) is 5.56 Å². The summed E-state index contributed by atoms with van der Waals surface area (Å²) in [4.78, 5) is 30.0. The number of aryl methyl sites for hydroxylation is 2. The second-order valence-electron chi connectivity index (χ2n) is 7.18. The number of esters is 1. The lowest BCUT2D eigenvalue weighted by Gasteiger charge is -2.10. The molecule has 1 N–H and O–H groups in total. The molecule has 0 spiro atoms. The Bertz CT molecular complexity index is 1300. The minimum Gasteiger partial charge on any atom is -0.497 e. The molecule has 4 rings (SSSR count). The number of rotatable bonds is 6. The Morgan fingerprint density at radius 2 is 1.84 bits per heavy atom. The van der Waals surface area contributed by atoms with Gasteiger partial charge in [-0.05, 0) is 25.1 Å². The SMILES string of the molecule is COc1cccc(NC(=O)COC(=O)c2cc(-c3ccccc3)nc3c2c(C)nn3C)c1. The van der Waals surface area contributed by atoms with Crippen LogP contribution in [0.25, 0.3) is 22.3 Å². The average Bonchev–Trinajstić information content (AvgIpc) is 3.11. The summed E-state index contributed by atoms with van der Waals surface area (Å²) in [5, 5.41) is 7.68. The minimum atomic E-state index is -0.619. The molecule has 2 heterocycles. The molecule has 0 fully saturated rings. The number of carbonyl (C=O) groups is 2. The first-order valence-electron chi connectivity index (χ1n) is 9.97. The van der Waals surface area contributed by atoms with E-state index in [0.29, 0.717) is 39.4 Å². The molecule has 8 heteroatoms. The van der Waals surface area contributed by atoms with Gasteiger partial charge in [0.2, 0.25) is 0 Å². The molecular formula is C24H22N4O4. The fourth-order valence-electron chi connectivity index (χ4n) is 3.47. The second-order valence-corrected chi connectivity index (χ2v) is 7.18.